The maximum absolute atomic E-state index is 14.0. The van der Waals surface area contributed by atoms with Crippen LogP contribution in [-0.2, 0) is 4.79 Å². The number of hydrogen-bond acceptors (Lipinski definition) is 2. The van der Waals surface area contributed by atoms with Crippen molar-refractivity contribution < 1.29 is 18.4 Å². The van der Waals surface area contributed by atoms with Gasteiger partial charge in [0.2, 0.25) is 5.91 Å². The lowest BCUT2D eigenvalue weighted by atomic mass is 9.89. The molecule has 3 rings (SSSR count). The van der Waals surface area contributed by atoms with E-state index in [4.69, 9.17) is 0 Å². The number of carbonyl (C=O) groups excluding carboxylic acids is 2. The van der Waals surface area contributed by atoms with Crippen LogP contribution in [0.4, 0.5) is 14.5 Å². The standard InChI is InChI=1S/C22H22F2N2O2/c1-3-21(27)25(2)18-7-4-16(5-8-18)22(28)26-12-10-15(11-13-26)19-9-6-17(23)14-20(19)24/h3-9,14-15H,1,10-13H2,2H3. The molecule has 1 aliphatic rings. The highest BCUT2D eigenvalue weighted by atomic mass is 19.1. The molecule has 0 radical (unpaired) electrons. The quantitative estimate of drug-likeness (QED) is 0.744. The molecule has 1 aliphatic heterocycles. The van der Waals surface area contributed by atoms with Crippen molar-refractivity contribution in [2.24, 2.45) is 0 Å². The zero-order valence-electron chi connectivity index (χ0n) is 15.7. The van der Waals surface area contributed by atoms with Gasteiger partial charge in [0.1, 0.15) is 11.6 Å². The average molecular weight is 384 g/mol. The van der Waals surface area contributed by atoms with E-state index in [-0.39, 0.29) is 17.7 Å². The molecule has 2 aromatic carbocycles. The van der Waals surface area contributed by atoms with E-state index in [0.717, 1.165) is 6.07 Å². The summed E-state index contributed by atoms with van der Waals surface area (Å²) in [6.07, 6.45) is 2.49. The average Bonchev–Trinajstić information content (AvgIpc) is 2.72. The molecule has 6 heteroatoms. The highest BCUT2D eigenvalue weighted by Gasteiger charge is 2.26. The summed E-state index contributed by atoms with van der Waals surface area (Å²) >= 11 is 0. The molecular formula is C22H22F2N2O2. The van der Waals surface area contributed by atoms with Gasteiger partial charge < -0.3 is 9.80 Å². The monoisotopic (exact) mass is 384 g/mol. The van der Waals surface area contributed by atoms with Gasteiger partial charge in [0.25, 0.3) is 5.91 Å². The van der Waals surface area contributed by atoms with Gasteiger partial charge in [-0.15, -0.1) is 0 Å². The Balaban J connectivity index is 1.63. The summed E-state index contributed by atoms with van der Waals surface area (Å²) in [6.45, 7) is 4.48. The SMILES string of the molecule is C=CC(=O)N(C)c1ccc(C(=O)N2CCC(c3ccc(F)cc3F)CC2)cc1. The van der Waals surface area contributed by atoms with Crippen LogP contribution in [0.2, 0.25) is 0 Å². The number of halogens is 2. The largest absolute Gasteiger partial charge is 0.339 e. The second-order valence-electron chi connectivity index (χ2n) is 6.88. The molecule has 146 valence electrons. The van der Waals surface area contributed by atoms with Gasteiger partial charge >= 0.3 is 0 Å². The molecule has 0 bridgehead atoms. The second-order valence-corrected chi connectivity index (χ2v) is 6.88. The highest BCUT2D eigenvalue weighted by Crippen LogP contribution is 2.30. The Labute approximate surface area is 163 Å². The Morgan fingerprint density at radius 3 is 2.32 bits per heavy atom. The van der Waals surface area contributed by atoms with Crippen molar-refractivity contribution in [3.63, 3.8) is 0 Å². The summed E-state index contributed by atoms with van der Waals surface area (Å²) in [7, 11) is 1.64. The van der Waals surface area contributed by atoms with E-state index in [2.05, 4.69) is 6.58 Å². The van der Waals surface area contributed by atoms with E-state index in [1.807, 2.05) is 0 Å². The molecule has 2 amide bonds. The van der Waals surface area contributed by atoms with Crippen LogP contribution in [0.15, 0.2) is 55.1 Å². The minimum atomic E-state index is -0.585. The van der Waals surface area contributed by atoms with E-state index >= 15 is 0 Å². The first-order valence-corrected chi connectivity index (χ1v) is 9.15. The van der Waals surface area contributed by atoms with Crippen LogP contribution in [0, 0.1) is 11.6 Å². The van der Waals surface area contributed by atoms with Crippen LogP contribution in [0.25, 0.3) is 0 Å². The third-order valence-electron chi connectivity index (χ3n) is 5.19. The number of rotatable bonds is 4. The van der Waals surface area contributed by atoms with Crippen LogP contribution < -0.4 is 4.90 Å². The van der Waals surface area contributed by atoms with Crippen molar-refractivity contribution in [3.8, 4) is 0 Å². The molecule has 0 atom stereocenters. The predicted molar refractivity (Wildman–Crippen MR) is 104 cm³/mol. The number of carbonyl (C=O) groups is 2. The molecule has 1 heterocycles. The Kier molecular flexibility index (Phi) is 5.87. The Hall–Kier alpha value is -3.02. The van der Waals surface area contributed by atoms with Gasteiger partial charge in [0, 0.05) is 37.5 Å². The smallest absolute Gasteiger partial charge is 0.253 e. The van der Waals surface area contributed by atoms with Crippen molar-refractivity contribution in [2.75, 3.05) is 25.0 Å². The molecule has 0 spiro atoms. The zero-order valence-corrected chi connectivity index (χ0v) is 15.7. The van der Waals surface area contributed by atoms with E-state index in [0.29, 0.717) is 42.7 Å². The molecule has 0 saturated carbocycles. The number of likely N-dealkylation sites (tertiary alicyclic amines) is 1. The van der Waals surface area contributed by atoms with Gasteiger partial charge in [-0.05, 0) is 60.7 Å². The molecule has 2 aromatic rings. The van der Waals surface area contributed by atoms with E-state index in [1.165, 1.54) is 23.1 Å². The van der Waals surface area contributed by atoms with Crippen molar-refractivity contribution >= 4 is 17.5 Å². The lowest BCUT2D eigenvalue weighted by Crippen LogP contribution is -2.38. The van der Waals surface area contributed by atoms with Gasteiger partial charge in [-0.1, -0.05) is 12.6 Å². The highest BCUT2D eigenvalue weighted by molar-refractivity contribution is 6.01. The summed E-state index contributed by atoms with van der Waals surface area (Å²) in [5.74, 6) is -1.46. The fourth-order valence-corrected chi connectivity index (χ4v) is 3.50. The van der Waals surface area contributed by atoms with Crippen LogP contribution in [0.1, 0.15) is 34.7 Å². The van der Waals surface area contributed by atoms with Crippen LogP contribution in [0.5, 0.6) is 0 Å². The minimum absolute atomic E-state index is 0.0226. The first-order valence-electron chi connectivity index (χ1n) is 9.15. The third-order valence-corrected chi connectivity index (χ3v) is 5.19. The molecule has 1 saturated heterocycles. The Morgan fingerprint density at radius 1 is 1.11 bits per heavy atom. The number of nitrogens with zero attached hydrogens (tertiary/aromatic N) is 2. The summed E-state index contributed by atoms with van der Waals surface area (Å²) in [5.41, 5.74) is 1.72. The van der Waals surface area contributed by atoms with Gasteiger partial charge in [0.15, 0.2) is 0 Å². The van der Waals surface area contributed by atoms with Crippen molar-refractivity contribution in [2.45, 2.75) is 18.8 Å². The zero-order chi connectivity index (χ0) is 20.3. The molecule has 0 aromatic heterocycles. The van der Waals surface area contributed by atoms with Gasteiger partial charge in [0.05, 0.1) is 0 Å². The van der Waals surface area contributed by atoms with Crippen molar-refractivity contribution in [1.82, 2.24) is 4.90 Å². The summed E-state index contributed by atoms with van der Waals surface area (Å²) in [4.78, 5) is 27.6. The second kappa shape index (κ2) is 8.33. The molecule has 0 unspecified atom stereocenters. The molecule has 0 aliphatic carbocycles. The predicted octanol–water partition coefficient (Wildman–Crippen LogP) is 4.13. The first kappa shape index (κ1) is 19.7. The van der Waals surface area contributed by atoms with Gasteiger partial charge in [-0.25, -0.2) is 8.78 Å². The topological polar surface area (TPSA) is 40.6 Å². The van der Waals surface area contributed by atoms with Crippen LogP contribution >= 0.6 is 0 Å². The number of amides is 2. The maximum atomic E-state index is 14.0. The van der Waals surface area contributed by atoms with Crippen molar-refractivity contribution in [3.05, 3.63) is 77.9 Å². The summed E-state index contributed by atoms with van der Waals surface area (Å²) in [6, 6.07) is 10.5. The number of anilines is 1. The normalized spacial score (nSPS) is 14.6. The Morgan fingerprint density at radius 2 is 1.75 bits per heavy atom. The molecule has 28 heavy (non-hydrogen) atoms. The number of hydrogen-bond donors (Lipinski definition) is 0. The fourth-order valence-electron chi connectivity index (χ4n) is 3.50. The van der Waals surface area contributed by atoms with E-state index in [9.17, 15) is 18.4 Å². The van der Waals surface area contributed by atoms with Gasteiger partial charge in [-0.3, -0.25) is 9.59 Å². The Bertz CT molecular complexity index is 888. The molecule has 1 fully saturated rings. The lowest BCUT2D eigenvalue weighted by molar-refractivity contribution is -0.113. The van der Waals surface area contributed by atoms with E-state index in [1.54, 1.807) is 36.2 Å². The van der Waals surface area contributed by atoms with Crippen molar-refractivity contribution in [1.29, 1.82) is 0 Å². The maximum Gasteiger partial charge on any atom is 0.253 e. The van der Waals surface area contributed by atoms with Crippen LogP contribution in [0.3, 0.4) is 0 Å². The minimum Gasteiger partial charge on any atom is -0.339 e. The molecule has 0 N–H and O–H groups in total. The summed E-state index contributed by atoms with van der Waals surface area (Å²) in [5, 5.41) is 0. The first-order chi connectivity index (χ1) is 13.4. The fraction of sp³-hybridized carbons (Fsp3) is 0.273. The number of likely N-dealkylation sites (N-methyl/N-ethyl adjacent to an activating group) is 1. The molecule has 4 nitrogen and oxygen atoms in total. The lowest BCUT2D eigenvalue weighted by Gasteiger charge is -2.32. The molecular weight excluding hydrogens is 362 g/mol. The third kappa shape index (κ3) is 4.11. The van der Waals surface area contributed by atoms with Gasteiger partial charge in [-0.2, -0.15) is 0 Å². The summed E-state index contributed by atoms with van der Waals surface area (Å²) < 4.78 is 27.1. The number of piperidine rings is 1. The van der Waals surface area contributed by atoms with Crippen LogP contribution in [-0.4, -0.2) is 36.9 Å². The van der Waals surface area contributed by atoms with E-state index < -0.39 is 11.6 Å². The number of benzene rings is 2.